The average Bonchev–Trinajstić information content (AvgIpc) is 3.06. The van der Waals surface area contributed by atoms with Crippen LogP contribution in [0.25, 0.3) is 5.82 Å². The lowest BCUT2D eigenvalue weighted by molar-refractivity contribution is 0.358. The highest BCUT2D eigenvalue weighted by Gasteiger charge is 2.35. The minimum absolute atomic E-state index is 0.233. The van der Waals surface area contributed by atoms with Gasteiger partial charge in [0.2, 0.25) is 0 Å². The molecule has 0 saturated heterocycles. The molecule has 0 radical (unpaired) electrons. The third-order valence-corrected chi connectivity index (χ3v) is 5.89. The molecule has 0 bridgehead atoms. The molecule has 2 aromatic heterocycles. The van der Waals surface area contributed by atoms with Gasteiger partial charge in [-0.05, 0) is 64.9 Å². The number of aromatic nitrogens is 3. The van der Waals surface area contributed by atoms with Gasteiger partial charge in [0.1, 0.15) is 5.82 Å². The normalized spacial score (nSPS) is 25.5. The molecule has 3 heterocycles. The lowest BCUT2D eigenvalue weighted by Gasteiger charge is -2.36. The quantitative estimate of drug-likeness (QED) is 0.693. The van der Waals surface area contributed by atoms with Crippen LogP contribution in [0.3, 0.4) is 0 Å². The van der Waals surface area contributed by atoms with E-state index in [1.54, 1.807) is 12.4 Å². The molecule has 6 nitrogen and oxygen atoms in total. The fourth-order valence-corrected chi connectivity index (χ4v) is 4.16. The molecule has 4 rings (SSSR count). The minimum Gasteiger partial charge on any atom is -0.516 e. The highest BCUT2D eigenvalue weighted by molar-refractivity contribution is 9.10. The Balaban J connectivity index is 1.69. The van der Waals surface area contributed by atoms with Gasteiger partial charge in [0, 0.05) is 30.6 Å². The van der Waals surface area contributed by atoms with Crippen LogP contribution < -0.4 is 5.32 Å². The molecule has 1 spiro atoms. The molecular weight excluding hydrogens is 406 g/mol. The first-order chi connectivity index (χ1) is 13.2. The molecule has 0 aromatic carbocycles. The number of halogens is 1. The number of aliphatic hydroxyl groups is 1. The summed E-state index contributed by atoms with van der Waals surface area (Å²) in [5.41, 5.74) is 1.92. The Kier molecular flexibility index (Phi) is 5.11. The zero-order chi connectivity index (χ0) is 18.7. The van der Waals surface area contributed by atoms with Crippen LogP contribution in [0.5, 0.6) is 0 Å². The summed E-state index contributed by atoms with van der Waals surface area (Å²) in [6, 6.07) is 3.97. The number of allylic oxidation sites excluding steroid dienone is 2. The summed E-state index contributed by atoms with van der Waals surface area (Å²) in [6.07, 6.45) is 15.8. The van der Waals surface area contributed by atoms with Gasteiger partial charge in [0.05, 0.1) is 16.9 Å². The SMILES string of the molecule is O/C=C1\CCCCC12C=Nc1c(Br)cnn1/C(NCc1cccnc1)=C\C2. The molecule has 1 fully saturated rings. The summed E-state index contributed by atoms with van der Waals surface area (Å²) in [7, 11) is 0. The van der Waals surface area contributed by atoms with Crippen molar-refractivity contribution in [3.8, 4) is 0 Å². The van der Waals surface area contributed by atoms with Gasteiger partial charge in [0.15, 0.2) is 5.82 Å². The van der Waals surface area contributed by atoms with E-state index in [4.69, 9.17) is 4.99 Å². The lowest BCUT2D eigenvalue weighted by atomic mass is 9.69. The van der Waals surface area contributed by atoms with Gasteiger partial charge in [-0.1, -0.05) is 12.5 Å². The average molecular weight is 428 g/mol. The molecule has 27 heavy (non-hydrogen) atoms. The Morgan fingerprint density at radius 1 is 1.33 bits per heavy atom. The van der Waals surface area contributed by atoms with E-state index in [-0.39, 0.29) is 5.41 Å². The Hall–Kier alpha value is -2.41. The van der Waals surface area contributed by atoms with Gasteiger partial charge in [0.25, 0.3) is 0 Å². The van der Waals surface area contributed by atoms with Crippen molar-refractivity contribution in [3.63, 3.8) is 0 Å². The first-order valence-electron chi connectivity index (χ1n) is 9.18. The zero-order valence-corrected chi connectivity index (χ0v) is 16.6. The second-order valence-corrected chi connectivity index (χ2v) is 7.87. The first-order valence-corrected chi connectivity index (χ1v) is 9.97. The highest BCUT2D eigenvalue weighted by Crippen LogP contribution is 2.44. The summed E-state index contributed by atoms with van der Waals surface area (Å²) >= 11 is 3.55. The number of nitrogens with one attached hydrogen (secondary N) is 1. The maximum absolute atomic E-state index is 9.80. The van der Waals surface area contributed by atoms with Crippen molar-refractivity contribution in [1.82, 2.24) is 20.1 Å². The van der Waals surface area contributed by atoms with Gasteiger partial charge < -0.3 is 10.4 Å². The van der Waals surface area contributed by atoms with Crippen LogP contribution >= 0.6 is 15.9 Å². The molecule has 2 aliphatic rings. The van der Waals surface area contributed by atoms with E-state index in [1.807, 2.05) is 29.2 Å². The molecule has 0 amide bonds. The molecule has 1 atom stereocenters. The standard InChI is InChI=1S/C20H22BrN5O/c21-17-12-25-26-18(23-11-15-4-3-9-22-10-15)6-8-20(14-24-19(17)26)7-2-1-5-16(20)13-27/h3-4,6,9-10,12-14,23,27H,1-2,5,7-8,11H2/b16-13+,18-6-,24-14?. The number of pyridine rings is 1. The van der Waals surface area contributed by atoms with E-state index in [0.717, 1.165) is 59.4 Å². The largest absolute Gasteiger partial charge is 0.516 e. The molecule has 7 heteroatoms. The Morgan fingerprint density at radius 3 is 3.07 bits per heavy atom. The Morgan fingerprint density at radius 2 is 2.26 bits per heavy atom. The topological polar surface area (TPSA) is 75.3 Å². The molecule has 1 aliphatic heterocycles. The number of rotatable bonds is 3. The van der Waals surface area contributed by atoms with Crippen LogP contribution in [0.4, 0.5) is 5.82 Å². The molecule has 1 aliphatic carbocycles. The third-order valence-electron chi connectivity index (χ3n) is 5.33. The maximum Gasteiger partial charge on any atom is 0.171 e. The van der Waals surface area contributed by atoms with E-state index in [1.165, 1.54) is 6.26 Å². The minimum atomic E-state index is -0.233. The van der Waals surface area contributed by atoms with Crippen molar-refractivity contribution in [2.45, 2.75) is 38.6 Å². The summed E-state index contributed by atoms with van der Waals surface area (Å²) < 4.78 is 2.66. The van der Waals surface area contributed by atoms with Gasteiger partial charge in [-0.3, -0.25) is 4.98 Å². The molecule has 2 N–H and O–H groups in total. The number of nitrogens with zero attached hydrogens (tertiary/aromatic N) is 4. The molecule has 2 aromatic rings. The van der Waals surface area contributed by atoms with E-state index in [9.17, 15) is 5.11 Å². The van der Waals surface area contributed by atoms with Gasteiger partial charge in [-0.15, -0.1) is 0 Å². The zero-order valence-electron chi connectivity index (χ0n) is 15.0. The van der Waals surface area contributed by atoms with E-state index < -0.39 is 0 Å². The van der Waals surface area contributed by atoms with Crippen LogP contribution in [-0.2, 0) is 6.54 Å². The fraction of sp³-hybridized carbons (Fsp3) is 0.350. The molecule has 140 valence electrons. The van der Waals surface area contributed by atoms with Crippen molar-refractivity contribution in [1.29, 1.82) is 0 Å². The maximum atomic E-state index is 9.80. The number of hydrogen-bond acceptors (Lipinski definition) is 5. The van der Waals surface area contributed by atoms with Crippen LogP contribution in [-0.4, -0.2) is 26.1 Å². The summed E-state index contributed by atoms with van der Waals surface area (Å²) in [5.74, 6) is 1.64. The predicted molar refractivity (Wildman–Crippen MR) is 110 cm³/mol. The summed E-state index contributed by atoms with van der Waals surface area (Å²) in [4.78, 5) is 8.94. The van der Waals surface area contributed by atoms with Crippen LogP contribution in [0.2, 0.25) is 0 Å². The van der Waals surface area contributed by atoms with Crippen LogP contribution in [0.15, 0.2) is 58.1 Å². The first kappa shape index (κ1) is 18.0. The monoisotopic (exact) mass is 427 g/mol. The van der Waals surface area contributed by atoms with Crippen molar-refractivity contribution < 1.29 is 5.11 Å². The third kappa shape index (κ3) is 3.56. The molecule has 1 unspecified atom stereocenters. The van der Waals surface area contributed by atoms with E-state index in [0.29, 0.717) is 6.54 Å². The van der Waals surface area contributed by atoms with Crippen molar-refractivity contribution >= 4 is 33.8 Å². The van der Waals surface area contributed by atoms with E-state index >= 15 is 0 Å². The number of aliphatic imine (C=N–C) groups is 1. The fourth-order valence-electron chi connectivity index (χ4n) is 3.80. The smallest absolute Gasteiger partial charge is 0.171 e. The van der Waals surface area contributed by atoms with Gasteiger partial charge >= 0.3 is 0 Å². The number of hydrogen-bond donors (Lipinski definition) is 2. The van der Waals surface area contributed by atoms with Crippen LogP contribution in [0.1, 0.15) is 37.7 Å². The van der Waals surface area contributed by atoms with E-state index in [2.05, 4.69) is 37.4 Å². The molecular formula is C20H22BrN5O. The van der Waals surface area contributed by atoms with Gasteiger partial charge in [-0.25, -0.2) is 4.99 Å². The van der Waals surface area contributed by atoms with Crippen molar-refractivity contribution in [2.75, 3.05) is 0 Å². The van der Waals surface area contributed by atoms with Crippen molar-refractivity contribution in [2.24, 2.45) is 10.4 Å². The second-order valence-electron chi connectivity index (χ2n) is 7.01. The number of aliphatic hydroxyl groups excluding tert-OH is 1. The Bertz CT molecular complexity index is 902. The Labute approximate surface area is 166 Å². The van der Waals surface area contributed by atoms with Gasteiger partial charge in [-0.2, -0.15) is 9.78 Å². The van der Waals surface area contributed by atoms with Crippen molar-refractivity contribution in [3.05, 3.63) is 58.7 Å². The molecule has 1 saturated carbocycles. The number of fused-ring (bicyclic) bond motifs is 1. The lowest BCUT2D eigenvalue weighted by Crippen LogP contribution is -2.30. The highest BCUT2D eigenvalue weighted by atomic mass is 79.9. The summed E-state index contributed by atoms with van der Waals surface area (Å²) in [6.45, 7) is 0.649. The predicted octanol–water partition coefficient (Wildman–Crippen LogP) is 4.74. The second kappa shape index (κ2) is 7.68. The van der Waals surface area contributed by atoms with Crippen LogP contribution in [0, 0.1) is 5.41 Å². The summed E-state index contributed by atoms with van der Waals surface area (Å²) in [5, 5.41) is 17.7.